The van der Waals surface area contributed by atoms with E-state index < -0.39 is 5.60 Å². The van der Waals surface area contributed by atoms with Crippen molar-refractivity contribution in [2.45, 2.75) is 80.4 Å². The summed E-state index contributed by atoms with van der Waals surface area (Å²) in [5.41, 5.74) is 4.21. The molecule has 0 aromatic carbocycles. The lowest BCUT2D eigenvalue weighted by Crippen LogP contribution is -2.54. The molecule has 1 aliphatic rings. The van der Waals surface area contributed by atoms with Crippen LogP contribution in [0.3, 0.4) is 0 Å². The Morgan fingerprint density at radius 3 is 2.38 bits per heavy atom. The number of nitrogens with zero attached hydrogens (tertiary/aromatic N) is 3. The Bertz CT molecular complexity index is 683. The Morgan fingerprint density at radius 1 is 1.31 bits per heavy atom. The van der Waals surface area contributed by atoms with E-state index >= 15 is 0 Å². The lowest BCUT2D eigenvalue weighted by molar-refractivity contribution is 0.00494. The average Bonchev–Trinajstić information content (AvgIpc) is 2.63. The number of allylic oxidation sites excluding steroid dienone is 4. The van der Waals surface area contributed by atoms with Crippen molar-refractivity contribution in [2.24, 2.45) is 10.9 Å². The third-order valence-electron chi connectivity index (χ3n) is 5.48. The summed E-state index contributed by atoms with van der Waals surface area (Å²) in [4.78, 5) is 21.3. The minimum atomic E-state index is -0.480. The second kappa shape index (κ2) is 10.7. The van der Waals surface area contributed by atoms with Crippen LogP contribution in [-0.2, 0) is 4.74 Å². The van der Waals surface area contributed by atoms with Gasteiger partial charge in [-0.3, -0.25) is 4.99 Å². The van der Waals surface area contributed by atoms with E-state index in [0.717, 1.165) is 25.2 Å². The molecule has 0 aromatic heterocycles. The minimum absolute atomic E-state index is 0.0732. The maximum atomic E-state index is 12.5. The molecule has 0 spiro atoms. The first-order valence-electron chi connectivity index (χ1n) is 10.7. The Labute approximate surface area is 178 Å². The van der Waals surface area contributed by atoms with Gasteiger partial charge in [0.1, 0.15) is 5.60 Å². The van der Waals surface area contributed by atoms with Gasteiger partial charge in [0.05, 0.1) is 0 Å². The van der Waals surface area contributed by atoms with Crippen molar-refractivity contribution >= 4 is 11.8 Å². The summed E-state index contributed by atoms with van der Waals surface area (Å²) in [6.07, 6.45) is 4.65. The van der Waals surface area contributed by atoms with Crippen LogP contribution in [0.2, 0.25) is 0 Å². The molecule has 1 saturated heterocycles. The van der Waals surface area contributed by atoms with Crippen LogP contribution in [0.25, 0.3) is 0 Å². The summed E-state index contributed by atoms with van der Waals surface area (Å²) in [5, 5.41) is 0. The number of rotatable bonds is 6. The van der Waals surface area contributed by atoms with Crippen molar-refractivity contribution < 1.29 is 9.53 Å². The molecule has 0 aliphatic carbocycles. The molecule has 5 heteroatoms. The number of carbonyl (C=O) groups excluding carboxylic acids is 1. The highest BCUT2D eigenvalue weighted by Crippen LogP contribution is 2.29. The van der Waals surface area contributed by atoms with E-state index in [9.17, 15) is 4.79 Å². The quantitative estimate of drug-likeness (QED) is 0.416. The van der Waals surface area contributed by atoms with Crippen molar-refractivity contribution in [3.8, 4) is 0 Å². The molecule has 2 atom stereocenters. The van der Waals surface area contributed by atoms with Crippen LogP contribution < -0.4 is 0 Å². The Balaban J connectivity index is 3.19. The number of carbonyl (C=O) groups is 1. The lowest BCUT2D eigenvalue weighted by Gasteiger charge is -2.42. The van der Waals surface area contributed by atoms with Crippen LogP contribution in [0.1, 0.15) is 68.7 Å². The number of ether oxygens (including phenoxy) is 1. The summed E-state index contributed by atoms with van der Waals surface area (Å²) in [7, 11) is 0. The van der Waals surface area contributed by atoms with Crippen LogP contribution in [0.5, 0.6) is 0 Å². The van der Waals surface area contributed by atoms with E-state index in [1.807, 2.05) is 32.6 Å². The zero-order chi connectivity index (χ0) is 22.4. The minimum Gasteiger partial charge on any atom is -0.444 e. The zero-order valence-corrected chi connectivity index (χ0v) is 20.0. The predicted octanol–water partition coefficient (Wildman–Crippen LogP) is 5.80. The first-order valence-corrected chi connectivity index (χ1v) is 10.7. The molecule has 2 unspecified atom stereocenters. The summed E-state index contributed by atoms with van der Waals surface area (Å²) >= 11 is 0. The van der Waals surface area contributed by atoms with Crippen LogP contribution >= 0.6 is 0 Å². The molecule has 0 N–H and O–H groups in total. The normalized spacial score (nSPS) is 20.9. The maximum Gasteiger partial charge on any atom is 0.410 e. The molecule has 29 heavy (non-hydrogen) atoms. The molecule has 0 radical (unpaired) electrons. The van der Waals surface area contributed by atoms with Gasteiger partial charge in [0.15, 0.2) is 0 Å². The predicted molar refractivity (Wildman–Crippen MR) is 123 cm³/mol. The SMILES string of the molecule is C=CN=C(C)C(/C(=C\C)C(C)CC)=C(\C)N1CCN(C(=O)OC(C)(C)C)C(C)C1. The highest BCUT2D eigenvalue weighted by Gasteiger charge is 2.32. The number of hydrogen-bond donors (Lipinski definition) is 0. The van der Waals surface area contributed by atoms with Gasteiger partial charge in [-0.25, -0.2) is 4.79 Å². The van der Waals surface area contributed by atoms with Crippen LogP contribution in [0.15, 0.2) is 40.7 Å². The van der Waals surface area contributed by atoms with E-state index in [4.69, 9.17) is 4.74 Å². The van der Waals surface area contributed by atoms with Gasteiger partial charge in [-0.15, -0.1) is 0 Å². The Morgan fingerprint density at radius 2 is 1.93 bits per heavy atom. The smallest absolute Gasteiger partial charge is 0.410 e. The highest BCUT2D eigenvalue weighted by molar-refractivity contribution is 6.03. The van der Waals surface area contributed by atoms with Crippen LogP contribution in [-0.4, -0.2) is 52.9 Å². The molecule has 1 amide bonds. The van der Waals surface area contributed by atoms with Crippen molar-refractivity contribution in [1.82, 2.24) is 9.80 Å². The molecule has 164 valence electrons. The molecule has 1 rings (SSSR count). The van der Waals surface area contributed by atoms with Gasteiger partial charge in [0.25, 0.3) is 0 Å². The molecular formula is C24H41N3O2. The lowest BCUT2D eigenvalue weighted by atomic mass is 9.87. The third kappa shape index (κ3) is 6.76. The standard InChI is InChI=1S/C24H41N3O2/c1-11-17(4)21(12-2)22(19(6)25-13-3)20(7)26-14-15-27(18(5)16-26)23(28)29-24(8,9)10/h12-13,17-18H,3,11,14-16H2,1-2,4-10H3/b21-12-,22-20-,25-19?. The first kappa shape index (κ1) is 25.0. The largest absolute Gasteiger partial charge is 0.444 e. The zero-order valence-electron chi connectivity index (χ0n) is 20.0. The van der Waals surface area contributed by atoms with Gasteiger partial charge in [0.2, 0.25) is 0 Å². The molecule has 5 nitrogen and oxygen atoms in total. The van der Waals surface area contributed by atoms with E-state index in [-0.39, 0.29) is 12.1 Å². The van der Waals surface area contributed by atoms with Gasteiger partial charge >= 0.3 is 6.09 Å². The molecule has 1 fully saturated rings. The second-order valence-corrected chi connectivity index (χ2v) is 8.88. The van der Waals surface area contributed by atoms with Gasteiger partial charge in [-0.1, -0.05) is 26.5 Å². The van der Waals surface area contributed by atoms with Crippen molar-refractivity contribution in [2.75, 3.05) is 19.6 Å². The maximum absolute atomic E-state index is 12.5. The first-order chi connectivity index (χ1) is 13.5. The summed E-state index contributed by atoms with van der Waals surface area (Å²) in [6, 6.07) is 0.0732. The molecule has 0 bridgehead atoms. The highest BCUT2D eigenvalue weighted by atomic mass is 16.6. The fourth-order valence-electron chi connectivity index (χ4n) is 3.79. The topological polar surface area (TPSA) is 45.1 Å². The average molecular weight is 404 g/mol. The Hall–Kier alpha value is -2.04. The number of amides is 1. The third-order valence-corrected chi connectivity index (χ3v) is 5.48. The summed E-state index contributed by atoms with van der Waals surface area (Å²) in [5.74, 6) is 0.445. The van der Waals surface area contributed by atoms with Crippen LogP contribution in [0, 0.1) is 5.92 Å². The van der Waals surface area contributed by atoms with Gasteiger partial charge < -0.3 is 14.5 Å². The summed E-state index contributed by atoms with van der Waals surface area (Å²) < 4.78 is 5.58. The van der Waals surface area contributed by atoms with E-state index in [1.54, 1.807) is 6.20 Å². The van der Waals surface area contributed by atoms with E-state index in [2.05, 4.69) is 57.2 Å². The second-order valence-electron chi connectivity index (χ2n) is 8.88. The van der Waals surface area contributed by atoms with E-state index in [0.29, 0.717) is 12.5 Å². The van der Waals surface area contributed by atoms with Gasteiger partial charge in [-0.2, -0.15) is 0 Å². The van der Waals surface area contributed by atoms with Crippen molar-refractivity contribution in [1.29, 1.82) is 0 Å². The molecule has 0 saturated carbocycles. The summed E-state index contributed by atoms with van der Waals surface area (Å²) in [6.45, 7) is 24.5. The van der Waals surface area contributed by atoms with Crippen molar-refractivity contribution in [3.05, 3.63) is 35.7 Å². The van der Waals surface area contributed by atoms with Crippen molar-refractivity contribution in [3.63, 3.8) is 0 Å². The number of hydrogen-bond acceptors (Lipinski definition) is 4. The molecule has 1 aliphatic heterocycles. The fourth-order valence-corrected chi connectivity index (χ4v) is 3.79. The van der Waals surface area contributed by atoms with Gasteiger partial charge in [0, 0.05) is 48.9 Å². The molecule has 0 aromatic rings. The number of aliphatic imine (C=N–C) groups is 1. The molecule has 1 heterocycles. The number of piperazine rings is 1. The molecular weight excluding hydrogens is 362 g/mol. The Kier molecular flexibility index (Phi) is 9.18. The fraction of sp³-hybridized carbons (Fsp3) is 0.667. The monoisotopic (exact) mass is 403 g/mol. The van der Waals surface area contributed by atoms with Crippen LogP contribution in [0.4, 0.5) is 4.79 Å². The van der Waals surface area contributed by atoms with E-state index in [1.165, 1.54) is 16.8 Å². The van der Waals surface area contributed by atoms with Gasteiger partial charge in [-0.05, 0) is 66.4 Å².